The Morgan fingerprint density at radius 3 is 2.32 bits per heavy atom. The van der Waals surface area contributed by atoms with Crippen LogP contribution in [0.25, 0.3) is 0 Å². The van der Waals surface area contributed by atoms with Crippen molar-refractivity contribution in [2.45, 2.75) is 34.1 Å². The van der Waals surface area contributed by atoms with E-state index >= 15 is 0 Å². The second-order valence-electron chi connectivity index (χ2n) is 5.55. The summed E-state index contributed by atoms with van der Waals surface area (Å²) in [5.74, 6) is 0.882. The maximum atomic E-state index is 12.6. The molecule has 3 heteroatoms. The molecular formula is C19H23O2P. The molecule has 116 valence electrons. The van der Waals surface area contributed by atoms with Crippen molar-refractivity contribution in [1.29, 1.82) is 0 Å². The topological polar surface area (TPSA) is 26.3 Å². The first-order valence-corrected chi connectivity index (χ1v) is 8.64. The van der Waals surface area contributed by atoms with E-state index in [1.807, 2.05) is 57.2 Å². The first-order valence-electron chi connectivity index (χ1n) is 7.64. The zero-order valence-corrected chi connectivity index (χ0v) is 14.7. The third-order valence-corrected chi connectivity index (χ3v) is 4.93. The fourth-order valence-electron chi connectivity index (χ4n) is 2.44. The van der Waals surface area contributed by atoms with E-state index < -0.39 is 0 Å². The molecule has 2 rings (SSSR count). The van der Waals surface area contributed by atoms with Crippen molar-refractivity contribution in [2.75, 3.05) is 6.61 Å². The molecule has 0 spiro atoms. The summed E-state index contributed by atoms with van der Waals surface area (Å²) in [6.45, 7) is 8.85. The Labute approximate surface area is 134 Å². The molecule has 0 aliphatic rings. The number of carbonyl (C=O) groups is 1. The predicted molar refractivity (Wildman–Crippen MR) is 95.2 cm³/mol. The Kier molecular flexibility index (Phi) is 5.74. The number of ether oxygens (including phenoxy) is 1. The number of hydrogen-bond acceptors (Lipinski definition) is 2. The van der Waals surface area contributed by atoms with Gasteiger partial charge in [-0.3, -0.25) is 4.79 Å². The summed E-state index contributed by atoms with van der Waals surface area (Å²) >= 11 is 0. The van der Waals surface area contributed by atoms with Gasteiger partial charge in [0.2, 0.25) is 0 Å². The van der Waals surface area contributed by atoms with Crippen LogP contribution >= 0.6 is 8.58 Å². The molecule has 0 bridgehead atoms. The van der Waals surface area contributed by atoms with Gasteiger partial charge in [-0.15, -0.1) is 0 Å². The molecule has 0 saturated heterocycles. The summed E-state index contributed by atoms with van der Waals surface area (Å²) in [5.41, 5.74) is 4.30. The molecule has 0 radical (unpaired) electrons. The molecule has 2 aromatic carbocycles. The summed E-state index contributed by atoms with van der Waals surface area (Å²) in [6.07, 6.45) is 0.994. The van der Waals surface area contributed by atoms with E-state index in [1.165, 1.54) is 0 Å². The molecule has 0 aliphatic carbocycles. The lowest BCUT2D eigenvalue weighted by Gasteiger charge is -2.11. The van der Waals surface area contributed by atoms with Crippen molar-refractivity contribution < 1.29 is 9.53 Å². The quantitative estimate of drug-likeness (QED) is 0.731. The largest absolute Gasteiger partial charge is 0.494 e. The van der Waals surface area contributed by atoms with E-state index in [0.717, 1.165) is 46.3 Å². The van der Waals surface area contributed by atoms with Crippen LogP contribution in [0.15, 0.2) is 36.4 Å². The second-order valence-corrected chi connectivity index (χ2v) is 6.79. The van der Waals surface area contributed by atoms with Crippen LogP contribution in [0.5, 0.6) is 5.75 Å². The van der Waals surface area contributed by atoms with Crippen LogP contribution < -0.4 is 10.0 Å². The maximum Gasteiger partial charge on any atom is 0.186 e. The minimum absolute atomic E-state index is 0.152. The van der Waals surface area contributed by atoms with E-state index in [4.69, 9.17) is 4.74 Å². The minimum atomic E-state index is 0.152. The van der Waals surface area contributed by atoms with Crippen molar-refractivity contribution in [3.05, 3.63) is 58.7 Å². The van der Waals surface area contributed by atoms with E-state index in [1.54, 1.807) is 0 Å². The van der Waals surface area contributed by atoms with Crippen molar-refractivity contribution in [1.82, 2.24) is 0 Å². The predicted octanol–water partition coefficient (Wildman–Crippen LogP) is 4.54. The first-order chi connectivity index (χ1) is 10.5. The van der Waals surface area contributed by atoms with Gasteiger partial charge in [0.1, 0.15) is 5.75 Å². The van der Waals surface area contributed by atoms with Gasteiger partial charge in [-0.1, -0.05) is 31.2 Å². The molecule has 1 unspecified atom stereocenters. The van der Waals surface area contributed by atoms with Gasteiger partial charge in [0.25, 0.3) is 0 Å². The number of aryl methyl sites for hydroxylation is 3. The van der Waals surface area contributed by atoms with Gasteiger partial charge in [0.15, 0.2) is 5.52 Å². The normalized spacial score (nSPS) is 11.1. The summed E-state index contributed by atoms with van der Waals surface area (Å²) in [6, 6.07) is 12.0. The van der Waals surface area contributed by atoms with Crippen molar-refractivity contribution in [3.8, 4) is 5.75 Å². The van der Waals surface area contributed by atoms with E-state index in [9.17, 15) is 4.79 Å². The Morgan fingerprint density at radius 2 is 1.73 bits per heavy atom. The Bertz CT molecular complexity index is 657. The molecule has 1 atom stereocenters. The van der Waals surface area contributed by atoms with E-state index in [-0.39, 0.29) is 14.1 Å². The summed E-state index contributed by atoms with van der Waals surface area (Å²) < 4.78 is 5.64. The molecule has 0 amide bonds. The monoisotopic (exact) mass is 314 g/mol. The smallest absolute Gasteiger partial charge is 0.186 e. The molecule has 0 aliphatic heterocycles. The van der Waals surface area contributed by atoms with Crippen LogP contribution in [0.3, 0.4) is 0 Å². The van der Waals surface area contributed by atoms with Crippen LogP contribution in [-0.4, -0.2) is 12.1 Å². The highest BCUT2D eigenvalue weighted by molar-refractivity contribution is 7.66. The van der Waals surface area contributed by atoms with Crippen LogP contribution in [-0.2, 0) is 0 Å². The molecule has 0 fully saturated rings. The summed E-state index contributed by atoms with van der Waals surface area (Å²) in [7, 11) is 0.152. The lowest BCUT2D eigenvalue weighted by molar-refractivity contribution is 0.108. The fourth-order valence-corrected chi connectivity index (χ4v) is 3.64. The van der Waals surface area contributed by atoms with Crippen molar-refractivity contribution in [3.63, 3.8) is 0 Å². The highest BCUT2D eigenvalue weighted by Gasteiger charge is 2.14. The second kappa shape index (κ2) is 7.56. The van der Waals surface area contributed by atoms with Crippen LogP contribution in [0.1, 0.15) is 40.4 Å². The van der Waals surface area contributed by atoms with Gasteiger partial charge in [0, 0.05) is 5.56 Å². The van der Waals surface area contributed by atoms with E-state index in [2.05, 4.69) is 6.92 Å². The van der Waals surface area contributed by atoms with E-state index in [0.29, 0.717) is 0 Å². The van der Waals surface area contributed by atoms with Gasteiger partial charge in [-0.25, -0.2) is 0 Å². The van der Waals surface area contributed by atoms with Gasteiger partial charge >= 0.3 is 0 Å². The fraction of sp³-hybridized carbons (Fsp3) is 0.316. The Morgan fingerprint density at radius 1 is 1.05 bits per heavy atom. The van der Waals surface area contributed by atoms with Crippen molar-refractivity contribution >= 4 is 19.4 Å². The summed E-state index contributed by atoms with van der Waals surface area (Å²) in [4.78, 5) is 12.6. The third-order valence-electron chi connectivity index (χ3n) is 3.63. The van der Waals surface area contributed by atoms with Crippen LogP contribution in [0, 0.1) is 20.8 Å². The maximum absolute atomic E-state index is 12.6. The number of benzene rings is 2. The highest BCUT2D eigenvalue weighted by atomic mass is 31.1. The molecule has 2 nitrogen and oxygen atoms in total. The molecule has 0 aromatic heterocycles. The Hall–Kier alpha value is -1.66. The molecule has 0 heterocycles. The summed E-state index contributed by atoms with van der Waals surface area (Å²) in [5, 5.41) is 1.09. The minimum Gasteiger partial charge on any atom is -0.494 e. The van der Waals surface area contributed by atoms with Crippen LogP contribution in [0.4, 0.5) is 0 Å². The Balaban J connectivity index is 2.18. The van der Waals surface area contributed by atoms with Gasteiger partial charge in [-0.05, 0) is 69.9 Å². The average Bonchev–Trinajstić information content (AvgIpc) is 2.47. The zero-order valence-electron chi connectivity index (χ0n) is 13.7. The molecule has 2 aromatic rings. The van der Waals surface area contributed by atoms with Crippen molar-refractivity contribution in [2.24, 2.45) is 0 Å². The average molecular weight is 314 g/mol. The van der Waals surface area contributed by atoms with Crippen LogP contribution in [0.2, 0.25) is 0 Å². The number of carbonyl (C=O) groups excluding carboxylic acids is 1. The molecule has 0 saturated carbocycles. The lowest BCUT2D eigenvalue weighted by Crippen LogP contribution is -2.08. The molecule has 22 heavy (non-hydrogen) atoms. The SMILES string of the molecule is CCCOc1ccc(PC(=O)c2c(C)cccc2C)c(C)c1. The van der Waals surface area contributed by atoms with Gasteiger partial charge in [0.05, 0.1) is 6.61 Å². The molecular weight excluding hydrogens is 291 g/mol. The number of rotatable bonds is 6. The lowest BCUT2D eigenvalue weighted by atomic mass is 10.0. The standard InChI is InChI=1S/C19H23O2P/c1-5-11-21-16-9-10-17(15(4)12-16)22-19(20)18-13(2)7-6-8-14(18)3/h6-10,12,22H,5,11H2,1-4H3. The third kappa shape index (κ3) is 3.96. The first kappa shape index (κ1) is 16.7. The van der Waals surface area contributed by atoms with Gasteiger partial charge < -0.3 is 4.74 Å². The highest BCUT2D eigenvalue weighted by Crippen LogP contribution is 2.26. The zero-order chi connectivity index (χ0) is 16.1. The molecule has 0 N–H and O–H groups in total. The van der Waals surface area contributed by atoms with Gasteiger partial charge in [-0.2, -0.15) is 0 Å². The number of hydrogen-bond donors (Lipinski definition) is 0.